The summed E-state index contributed by atoms with van der Waals surface area (Å²) in [5.41, 5.74) is 5.54. The Morgan fingerprint density at radius 2 is 1.96 bits per heavy atom. The van der Waals surface area contributed by atoms with Crippen LogP contribution in [0.25, 0.3) is 22.3 Å². The maximum Gasteiger partial charge on any atom is 0.159 e. The van der Waals surface area contributed by atoms with Gasteiger partial charge < -0.3 is 4.57 Å². The summed E-state index contributed by atoms with van der Waals surface area (Å²) in [6.07, 6.45) is 6.94. The minimum atomic E-state index is 0.111. The number of ketones is 1. The van der Waals surface area contributed by atoms with Gasteiger partial charge in [0.15, 0.2) is 5.78 Å². The second-order valence-corrected chi connectivity index (χ2v) is 6.81. The van der Waals surface area contributed by atoms with Crippen molar-refractivity contribution in [2.45, 2.75) is 38.5 Å². The molecule has 3 nitrogen and oxygen atoms in total. The predicted molar refractivity (Wildman–Crippen MR) is 97.4 cm³/mol. The van der Waals surface area contributed by atoms with Crippen LogP contribution in [0.1, 0.15) is 54.4 Å². The van der Waals surface area contributed by atoms with Gasteiger partial charge in [0, 0.05) is 29.7 Å². The summed E-state index contributed by atoms with van der Waals surface area (Å²) in [6, 6.07) is 12.2. The molecule has 0 amide bonds. The van der Waals surface area contributed by atoms with Crippen molar-refractivity contribution in [3.63, 3.8) is 0 Å². The highest BCUT2D eigenvalue weighted by Gasteiger charge is 2.27. The first kappa shape index (κ1) is 15.1. The number of hydrogen-bond acceptors (Lipinski definition) is 2. The zero-order valence-corrected chi connectivity index (χ0v) is 14.2. The maximum absolute atomic E-state index is 11.8. The number of aromatic nitrogens is 2. The van der Waals surface area contributed by atoms with E-state index < -0.39 is 0 Å². The van der Waals surface area contributed by atoms with Crippen LogP contribution < -0.4 is 0 Å². The number of carbonyl (C=O) groups is 1. The molecular formula is C21H22N2O. The van der Waals surface area contributed by atoms with Gasteiger partial charge in [0.1, 0.15) is 0 Å². The van der Waals surface area contributed by atoms with Crippen LogP contribution in [-0.2, 0) is 7.05 Å². The molecular weight excluding hydrogens is 296 g/mol. The molecule has 0 radical (unpaired) electrons. The average molecular weight is 318 g/mol. The van der Waals surface area contributed by atoms with E-state index in [1.165, 1.54) is 42.3 Å². The molecule has 1 fully saturated rings. The van der Waals surface area contributed by atoms with Crippen LogP contribution in [0, 0.1) is 0 Å². The largest absolute Gasteiger partial charge is 0.342 e. The number of aryl methyl sites for hydroxylation is 1. The van der Waals surface area contributed by atoms with Gasteiger partial charge in [-0.05, 0) is 49.4 Å². The molecule has 2 heterocycles. The molecule has 2 aromatic heterocycles. The lowest BCUT2D eigenvalue weighted by molar-refractivity contribution is 0.101. The molecule has 0 N–H and O–H groups in total. The standard InChI is InChI=1S/C21H22N2O/c1-14(24)16-10-11-17-19(13-16)23(2)21(18-9-5-6-12-22-18)20(17)15-7-3-4-8-15/h5-6,9-13,15H,3-4,7-8H2,1-2H3. The maximum atomic E-state index is 11.8. The Morgan fingerprint density at radius 3 is 2.62 bits per heavy atom. The Labute approximate surface area is 142 Å². The van der Waals surface area contributed by atoms with Crippen LogP contribution in [0.3, 0.4) is 0 Å². The zero-order valence-electron chi connectivity index (χ0n) is 14.2. The summed E-state index contributed by atoms with van der Waals surface area (Å²) in [5.74, 6) is 0.703. The van der Waals surface area contributed by atoms with Crippen molar-refractivity contribution in [2.24, 2.45) is 7.05 Å². The van der Waals surface area contributed by atoms with Gasteiger partial charge in [-0.2, -0.15) is 0 Å². The number of fused-ring (bicyclic) bond motifs is 1. The van der Waals surface area contributed by atoms with Crippen molar-refractivity contribution in [1.82, 2.24) is 9.55 Å². The van der Waals surface area contributed by atoms with Gasteiger partial charge in [0.25, 0.3) is 0 Å². The minimum Gasteiger partial charge on any atom is -0.342 e. The highest BCUT2D eigenvalue weighted by atomic mass is 16.1. The number of pyridine rings is 1. The van der Waals surface area contributed by atoms with E-state index in [0.717, 1.165) is 16.8 Å². The summed E-state index contributed by atoms with van der Waals surface area (Å²) in [7, 11) is 2.09. The first-order chi connectivity index (χ1) is 11.7. The van der Waals surface area contributed by atoms with Crippen LogP contribution in [0.5, 0.6) is 0 Å². The lowest BCUT2D eigenvalue weighted by Gasteiger charge is -2.13. The first-order valence-electron chi connectivity index (χ1n) is 8.71. The molecule has 0 aliphatic heterocycles. The molecule has 0 spiro atoms. The van der Waals surface area contributed by atoms with Crippen LogP contribution >= 0.6 is 0 Å². The molecule has 1 aliphatic rings. The van der Waals surface area contributed by atoms with Crippen molar-refractivity contribution >= 4 is 16.7 Å². The van der Waals surface area contributed by atoms with E-state index in [0.29, 0.717) is 5.92 Å². The fourth-order valence-corrected chi connectivity index (χ4v) is 4.12. The summed E-state index contributed by atoms with van der Waals surface area (Å²) < 4.78 is 2.22. The van der Waals surface area contributed by atoms with E-state index in [-0.39, 0.29) is 5.78 Å². The third-order valence-electron chi connectivity index (χ3n) is 5.32. The quantitative estimate of drug-likeness (QED) is 0.630. The van der Waals surface area contributed by atoms with Gasteiger partial charge in [-0.3, -0.25) is 9.78 Å². The highest BCUT2D eigenvalue weighted by molar-refractivity contribution is 6.00. The summed E-state index contributed by atoms with van der Waals surface area (Å²) in [6.45, 7) is 1.63. The third kappa shape index (κ3) is 2.35. The van der Waals surface area contributed by atoms with Crippen molar-refractivity contribution in [2.75, 3.05) is 0 Å². The van der Waals surface area contributed by atoms with Crippen LogP contribution in [0.4, 0.5) is 0 Å². The average Bonchev–Trinajstić information content (AvgIpc) is 3.22. The van der Waals surface area contributed by atoms with Gasteiger partial charge in [-0.15, -0.1) is 0 Å². The highest BCUT2D eigenvalue weighted by Crippen LogP contribution is 2.44. The summed E-state index contributed by atoms with van der Waals surface area (Å²) >= 11 is 0. The Kier molecular flexibility index (Phi) is 3.72. The number of hydrogen-bond donors (Lipinski definition) is 0. The van der Waals surface area contributed by atoms with E-state index in [9.17, 15) is 4.79 Å². The second kappa shape index (κ2) is 5.90. The Balaban J connectivity index is 2.03. The number of nitrogens with zero attached hydrogens (tertiary/aromatic N) is 2. The number of carbonyl (C=O) groups excluding carboxylic acids is 1. The van der Waals surface area contributed by atoms with Crippen LogP contribution in [0.15, 0.2) is 42.6 Å². The Bertz CT molecular complexity index is 902. The van der Waals surface area contributed by atoms with Crippen LogP contribution in [0.2, 0.25) is 0 Å². The van der Waals surface area contributed by atoms with Crippen molar-refractivity contribution in [3.8, 4) is 11.4 Å². The summed E-state index contributed by atoms with van der Waals surface area (Å²) in [5, 5.41) is 1.27. The molecule has 0 atom stereocenters. The minimum absolute atomic E-state index is 0.111. The fraction of sp³-hybridized carbons (Fsp3) is 0.333. The van der Waals surface area contributed by atoms with Crippen molar-refractivity contribution < 1.29 is 4.79 Å². The normalized spacial score (nSPS) is 15.2. The molecule has 3 aromatic rings. The van der Waals surface area contributed by atoms with Crippen molar-refractivity contribution in [3.05, 3.63) is 53.7 Å². The molecule has 3 heteroatoms. The molecule has 1 aromatic carbocycles. The zero-order chi connectivity index (χ0) is 16.7. The molecule has 0 bridgehead atoms. The molecule has 1 aliphatic carbocycles. The molecule has 24 heavy (non-hydrogen) atoms. The number of rotatable bonds is 3. The lowest BCUT2D eigenvalue weighted by atomic mass is 9.93. The smallest absolute Gasteiger partial charge is 0.159 e. The van der Waals surface area contributed by atoms with Gasteiger partial charge >= 0.3 is 0 Å². The second-order valence-electron chi connectivity index (χ2n) is 6.81. The lowest BCUT2D eigenvalue weighted by Crippen LogP contribution is -1.99. The van der Waals surface area contributed by atoms with Gasteiger partial charge in [-0.25, -0.2) is 0 Å². The van der Waals surface area contributed by atoms with Crippen LogP contribution in [-0.4, -0.2) is 15.3 Å². The van der Waals surface area contributed by atoms with E-state index in [2.05, 4.69) is 28.7 Å². The number of Topliss-reactive ketones (excluding diaryl/α,β-unsaturated/α-hetero) is 1. The fourth-order valence-electron chi connectivity index (χ4n) is 4.12. The predicted octanol–water partition coefficient (Wildman–Crippen LogP) is 5.10. The van der Waals surface area contributed by atoms with E-state index >= 15 is 0 Å². The molecule has 1 saturated carbocycles. The first-order valence-corrected chi connectivity index (χ1v) is 8.71. The topological polar surface area (TPSA) is 34.9 Å². The van der Waals surface area contributed by atoms with E-state index in [1.807, 2.05) is 30.5 Å². The van der Waals surface area contributed by atoms with E-state index in [1.54, 1.807) is 6.92 Å². The molecule has 0 unspecified atom stereocenters. The van der Waals surface area contributed by atoms with Gasteiger partial charge in [-0.1, -0.05) is 31.0 Å². The third-order valence-corrected chi connectivity index (χ3v) is 5.32. The SMILES string of the molecule is CC(=O)c1ccc2c(C3CCCC3)c(-c3ccccn3)n(C)c2c1. The monoisotopic (exact) mass is 318 g/mol. The Hall–Kier alpha value is -2.42. The van der Waals surface area contributed by atoms with Gasteiger partial charge in [0.05, 0.1) is 11.4 Å². The van der Waals surface area contributed by atoms with Crippen molar-refractivity contribution in [1.29, 1.82) is 0 Å². The molecule has 4 rings (SSSR count). The van der Waals surface area contributed by atoms with E-state index in [4.69, 9.17) is 0 Å². The number of benzene rings is 1. The van der Waals surface area contributed by atoms with Gasteiger partial charge in [0.2, 0.25) is 0 Å². The molecule has 0 saturated heterocycles. The molecule has 122 valence electrons. The Morgan fingerprint density at radius 1 is 1.17 bits per heavy atom. The summed E-state index contributed by atoms with van der Waals surface area (Å²) in [4.78, 5) is 16.4.